The molecule has 16 heavy (non-hydrogen) atoms. The molecular formula is C13H18FNO. The summed E-state index contributed by atoms with van der Waals surface area (Å²) < 4.78 is 18.6. The average molecular weight is 223 g/mol. The van der Waals surface area contributed by atoms with Gasteiger partial charge in [-0.15, -0.1) is 0 Å². The molecule has 0 radical (unpaired) electrons. The highest BCUT2D eigenvalue weighted by Crippen LogP contribution is 2.23. The lowest BCUT2D eigenvalue weighted by atomic mass is 9.92. The summed E-state index contributed by atoms with van der Waals surface area (Å²) >= 11 is 0. The predicted octanol–water partition coefficient (Wildman–Crippen LogP) is 2.74. The van der Waals surface area contributed by atoms with Gasteiger partial charge in [0.2, 0.25) is 0 Å². The number of rotatable bonds is 3. The first-order valence-electron chi connectivity index (χ1n) is 5.89. The predicted molar refractivity (Wildman–Crippen MR) is 62.1 cm³/mol. The van der Waals surface area contributed by atoms with Crippen molar-refractivity contribution in [2.75, 3.05) is 7.05 Å². The smallest absolute Gasteiger partial charge is 0.123 e. The quantitative estimate of drug-likeness (QED) is 0.850. The fourth-order valence-corrected chi connectivity index (χ4v) is 2.26. The maximum atomic E-state index is 12.7. The van der Waals surface area contributed by atoms with Gasteiger partial charge in [-0.2, -0.15) is 0 Å². The minimum atomic E-state index is -0.221. The number of halogens is 1. The second-order valence-electron chi connectivity index (χ2n) is 4.29. The number of hydrogen-bond acceptors (Lipinski definition) is 2. The molecule has 1 N–H and O–H groups in total. The maximum Gasteiger partial charge on any atom is 0.123 e. The monoisotopic (exact) mass is 223 g/mol. The van der Waals surface area contributed by atoms with E-state index in [1.807, 2.05) is 7.05 Å². The molecule has 3 heteroatoms. The SMILES string of the molecule is CNC1CCCCC1Oc1ccc(F)cc1. The van der Waals surface area contributed by atoms with E-state index < -0.39 is 0 Å². The van der Waals surface area contributed by atoms with Gasteiger partial charge in [0, 0.05) is 6.04 Å². The van der Waals surface area contributed by atoms with E-state index in [1.54, 1.807) is 12.1 Å². The topological polar surface area (TPSA) is 21.3 Å². The van der Waals surface area contributed by atoms with Gasteiger partial charge >= 0.3 is 0 Å². The van der Waals surface area contributed by atoms with E-state index in [2.05, 4.69) is 5.32 Å². The Morgan fingerprint density at radius 2 is 1.88 bits per heavy atom. The molecule has 1 aromatic carbocycles. The number of ether oxygens (including phenoxy) is 1. The van der Waals surface area contributed by atoms with E-state index in [4.69, 9.17) is 4.74 Å². The second kappa shape index (κ2) is 5.30. The molecule has 0 bridgehead atoms. The van der Waals surface area contributed by atoms with Gasteiger partial charge in [-0.05, 0) is 50.6 Å². The lowest BCUT2D eigenvalue weighted by molar-refractivity contribution is 0.118. The Morgan fingerprint density at radius 3 is 2.56 bits per heavy atom. The molecule has 2 rings (SSSR count). The van der Waals surface area contributed by atoms with Crippen molar-refractivity contribution >= 4 is 0 Å². The van der Waals surface area contributed by atoms with E-state index in [9.17, 15) is 4.39 Å². The van der Waals surface area contributed by atoms with Crippen LogP contribution in [0.5, 0.6) is 5.75 Å². The molecular weight excluding hydrogens is 205 g/mol. The van der Waals surface area contributed by atoms with Gasteiger partial charge in [-0.3, -0.25) is 0 Å². The molecule has 2 atom stereocenters. The minimum Gasteiger partial charge on any atom is -0.489 e. The summed E-state index contributed by atoms with van der Waals surface area (Å²) in [4.78, 5) is 0. The first-order chi connectivity index (χ1) is 7.79. The Hall–Kier alpha value is -1.09. The molecule has 88 valence electrons. The molecule has 1 aliphatic carbocycles. The van der Waals surface area contributed by atoms with Crippen LogP contribution in [0.15, 0.2) is 24.3 Å². The number of hydrogen-bond donors (Lipinski definition) is 1. The average Bonchev–Trinajstić information content (AvgIpc) is 2.33. The van der Waals surface area contributed by atoms with Crippen LogP contribution in [0, 0.1) is 5.82 Å². The van der Waals surface area contributed by atoms with Crippen LogP contribution in [-0.4, -0.2) is 19.2 Å². The Bertz CT molecular complexity index is 325. The molecule has 0 aromatic heterocycles. The third kappa shape index (κ3) is 2.73. The normalized spacial score (nSPS) is 25.4. The summed E-state index contributed by atoms with van der Waals surface area (Å²) in [5, 5.41) is 3.29. The second-order valence-corrected chi connectivity index (χ2v) is 4.29. The molecule has 0 heterocycles. The van der Waals surface area contributed by atoms with Crippen LogP contribution in [0.1, 0.15) is 25.7 Å². The van der Waals surface area contributed by atoms with Crippen molar-refractivity contribution in [3.8, 4) is 5.75 Å². The Kier molecular flexibility index (Phi) is 3.78. The van der Waals surface area contributed by atoms with Gasteiger partial charge in [-0.25, -0.2) is 4.39 Å². The minimum absolute atomic E-state index is 0.212. The molecule has 1 aliphatic rings. The van der Waals surface area contributed by atoms with Gasteiger partial charge in [-0.1, -0.05) is 6.42 Å². The molecule has 2 unspecified atom stereocenters. The van der Waals surface area contributed by atoms with Gasteiger partial charge in [0.05, 0.1) is 0 Å². The molecule has 0 spiro atoms. The van der Waals surface area contributed by atoms with E-state index in [1.165, 1.54) is 25.0 Å². The zero-order valence-electron chi connectivity index (χ0n) is 9.58. The third-order valence-electron chi connectivity index (χ3n) is 3.17. The van der Waals surface area contributed by atoms with Crippen LogP contribution in [0.3, 0.4) is 0 Å². The Balaban J connectivity index is 1.99. The van der Waals surface area contributed by atoms with Crippen LogP contribution in [-0.2, 0) is 0 Å². The zero-order chi connectivity index (χ0) is 11.4. The lowest BCUT2D eigenvalue weighted by Crippen LogP contribution is -2.43. The standard InChI is InChI=1S/C13H18FNO/c1-15-12-4-2-3-5-13(12)16-11-8-6-10(14)7-9-11/h6-9,12-13,15H,2-5H2,1H3. The summed E-state index contributed by atoms with van der Waals surface area (Å²) in [6, 6.07) is 6.67. The van der Waals surface area contributed by atoms with Crippen LogP contribution >= 0.6 is 0 Å². The van der Waals surface area contributed by atoms with Crippen molar-refractivity contribution in [1.29, 1.82) is 0 Å². The Labute approximate surface area is 95.8 Å². The summed E-state index contributed by atoms with van der Waals surface area (Å²) in [5.41, 5.74) is 0. The first kappa shape index (κ1) is 11.4. The van der Waals surface area contributed by atoms with Crippen molar-refractivity contribution in [3.05, 3.63) is 30.1 Å². The maximum absolute atomic E-state index is 12.7. The highest BCUT2D eigenvalue weighted by Gasteiger charge is 2.25. The number of benzene rings is 1. The third-order valence-corrected chi connectivity index (χ3v) is 3.17. The van der Waals surface area contributed by atoms with Crippen LogP contribution < -0.4 is 10.1 Å². The molecule has 0 saturated heterocycles. The summed E-state index contributed by atoms with van der Waals surface area (Å²) in [6.45, 7) is 0. The lowest BCUT2D eigenvalue weighted by Gasteiger charge is -2.31. The van der Waals surface area contributed by atoms with E-state index in [0.717, 1.165) is 18.6 Å². The number of likely N-dealkylation sites (N-methyl/N-ethyl adjacent to an activating group) is 1. The fourth-order valence-electron chi connectivity index (χ4n) is 2.26. The molecule has 1 fully saturated rings. The Morgan fingerprint density at radius 1 is 1.19 bits per heavy atom. The van der Waals surface area contributed by atoms with E-state index >= 15 is 0 Å². The van der Waals surface area contributed by atoms with Crippen molar-refractivity contribution < 1.29 is 9.13 Å². The van der Waals surface area contributed by atoms with Crippen molar-refractivity contribution in [2.24, 2.45) is 0 Å². The van der Waals surface area contributed by atoms with Crippen LogP contribution in [0.4, 0.5) is 4.39 Å². The number of nitrogens with one attached hydrogen (secondary N) is 1. The van der Waals surface area contributed by atoms with Gasteiger partial charge in [0.25, 0.3) is 0 Å². The highest BCUT2D eigenvalue weighted by atomic mass is 19.1. The van der Waals surface area contributed by atoms with Gasteiger partial charge < -0.3 is 10.1 Å². The van der Waals surface area contributed by atoms with Gasteiger partial charge in [0.1, 0.15) is 17.7 Å². The van der Waals surface area contributed by atoms with Crippen molar-refractivity contribution in [2.45, 2.75) is 37.8 Å². The highest BCUT2D eigenvalue weighted by molar-refractivity contribution is 5.22. The summed E-state index contributed by atoms with van der Waals surface area (Å²) in [6.07, 6.45) is 4.91. The molecule has 0 amide bonds. The zero-order valence-corrected chi connectivity index (χ0v) is 9.58. The summed E-state index contributed by atoms with van der Waals surface area (Å²) in [7, 11) is 1.97. The fraction of sp³-hybridized carbons (Fsp3) is 0.538. The van der Waals surface area contributed by atoms with Crippen molar-refractivity contribution in [3.63, 3.8) is 0 Å². The van der Waals surface area contributed by atoms with Gasteiger partial charge in [0.15, 0.2) is 0 Å². The van der Waals surface area contributed by atoms with E-state index in [-0.39, 0.29) is 11.9 Å². The summed E-state index contributed by atoms with van der Waals surface area (Å²) in [5.74, 6) is 0.537. The molecule has 2 nitrogen and oxygen atoms in total. The first-order valence-corrected chi connectivity index (χ1v) is 5.89. The molecule has 0 aliphatic heterocycles. The van der Waals surface area contributed by atoms with Crippen molar-refractivity contribution in [1.82, 2.24) is 5.32 Å². The molecule has 1 aromatic rings. The van der Waals surface area contributed by atoms with Crippen LogP contribution in [0.25, 0.3) is 0 Å². The van der Waals surface area contributed by atoms with Crippen LogP contribution in [0.2, 0.25) is 0 Å². The molecule has 1 saturated carbocycles. The van der Waals surface area contributed by atoms with E-state index in [0.29, 0.717) is 6.04 Å². The largest absolute Gasteiger partial charge is 0.489 e.